The van der Waals surface area contributed by atoms with E-state index in [9.17, 15) is 0 Å². The smallest absolute Gasteiger partial charge is 0.154 e. The van der Waals surface area contributed by atoms with Crippen LogP contribution in [0.15, 0.2) is 22.8 Å². The van der Waals surface area contributed by atoms with Crippen LogP contribution in [0.1, 0.15) is 37.5 Å². The van der Waals surface area contributed by atoms with Crippen molar-refractivity contribution in [2.24, 2.45) is 0 Å². The maximum atomic E-state index is 8.99. The first-order chi connectivity index (χ1) is 6.90. The van der Waals surface area contributed by atoms with Gasteiger partial charge in [0.05, 0.1) is 12.3 Å². The summed E-state index contributed by atoms with van der Waals surface area (Å²) < 4.78 is 5.21. The summed E-state index contributed by atoms with van der Waals surface area (Å²) in [6.45, 7) is 0. The molecule has 0 saturated heterocycles. The average Bonchev–Trinajstić information content (AvgIpc) is 2.86. The molecule has 3 heteroatoms. The zero-order valence-electron chi connectivity index (χ0n) is 8.07. The maximum absolute atomic E-state index is 8.99. The van der Waals surface area contributed by atoms with Crippen LogP contribution in [0.4, 0.5) is 0 Å². The van der Waals surface area contributed by atoms with Gasteiger partial charge in [0, 0.05) is 6.04 Å². The van der Waals surface area contributed by atoms with Crippen molar-refractivity contribution in [3.05, 3.63) is 24.2 Å². The Morgan fingerprint density at radius 1 is 1.50 bits per heavy atom. The van der Waals surface area contributed by atoms with Crippen LogP contribution in [0, 0.1) is 11.3 Å². The predicted molar refractivity (Wildman–Crippen MR) is 52.5 cm³/mol. The first-order valence-electron chi connectivity index (χ1n) is 5.09. The number of furan rings is 1. The van der Waals surface area contributed by atoms with Gasteiger partial charge in [-0.1, -0.05) is 12.8 Å². The first kappa shape index (κ1) is 9.29. The number of rotatable bonds is 3. The second-order valence-electron chi connectivity index (χ2n) is 3.73. The number of hydrogen-bond donors (Lipinski definition) is 1. The molecule has 14 heavy (non-hydrogen) atoms. The van der Waals surface area contributed by atoms with Crippen LogP contribution < -0.4 is 5.32 Å². The van der Waals surface area contributed by atoms with Crippen molar-refractivity contribution in [1.29, 1.82) is 5.26 Å². The zero-order valence-corrected chi connectivity index (χ0v) is 8.07. The molecule has 0 bridgehead atoms. The Morgan fingerprint density at radius 2 is 2.29 bits per heavy atom. The number of hydrogen-bond acceptors (Lipinski definition) is 3. The third-order valence-corrected chi connectivity index (χ3v) is 2.71. The van der Waals surface area contributed by atoms with Gasteiger partial charge in [0.1, 0.15) is 5.76 Å². The minimum atomic E-state index is -0.284. The second-order valence-corrected chi connectivity index (χ2v) is 3.73. The summed E-state index contributed by atoms with van der Waals surface area (Å²) in [6, 6.07) is 6.09. The molecule has 1 aromatic rings. The van der Waals surface area contributed by atoms with Gasteiger partial charge in [-0.2, -0.15) is 5.26 Å². The molecule has 1 atom stereocenters. The van der Waals surface area contributed by atoms with E-state index in [0.29, 0.717) is 6.04 Å². The van der Waals surface area contributed by atoms with E-state index in [4.69, 9.17) is 9.68 Å². The summed E-state index contributed by atoms with van der Waals surface area (Å²) in [5, 5.41) is 12.3. The van der Waals surface area contributed by atoms with Crippen LogP contribution in [0.5, 0.6) is 0 Å². The predicted octanol–water partition coefficient (Wildman–Crippen LogP) is 2.38. The molecule has 0 radical (unpaired) electrons. The maximum Gasteiger partial charge on any atom is 0.154 e. The summed E-state index contributed by atoms with van der Waals surface area (Å²) in [7, 11) is 0. The summed E-state index contributed by atoms with van der Waals surface area (Å²) in [4.78, 5) is 0. The average molecular weight is 190 g/mol. The lowest BCUT2D eigenvalue weighted by atomic mass is 10.2. The molecular formula is C11H14N2O. The van der Waals surface area contributed by atoms with E-state index in [-0.39, 0.29) is 6.04 Å². The first-order valence-corrected chi connectivity index (χ1v) is 5.09. The zero-order chi connectivity index (χ0) is 9.80. The van der Waals surface area contributed by atoms with Gasteiger partial charge in [-0.15, -0.1) is 0 Å². The van der Waals surface area contributed by atoms with Gasteiger partial charge in [0.25, 0.3) is 0 Å². The Hall–Kier alpha value is -1.27. The summed E-state index contributed by atoms with van der Waals surface area (Å²) in [5.41, 5.74) is 0. The molecule has 1 aliphatic carbocycles. The monoisotopic (exact) mass is 190 g/mol. The Morgan fingerprint density at radius 3 is 2.86 bits per heavy atom. The third-order valence-electron chi connectivity index (χ3n) is 2.71. The Balaban J connectivity index is 1.97. The molecule has 3 nitrogen and oxygen atoms in total. The molecular weight excluding hydrogens is 176 g/mol. The fraction of sp³-hybridized carbons (Fsp3) is 0.545. The lowest BCUT2D eigenvalue weighted by Gasteiger charge is -2.14. The van der Waals surface area contributed by atoms with Crippen LogP contribution in [0.3, 0.4) is 0 Å². The minimum absolute atomic E-state index is 0.284. The number of nitriles is 1. The molecule has 1 heterocycles. The number of nitrogens with zero attached hydrogens (tertiary/aromatic N) is 1. The number of nitrogens with one attached hydrogen (secondary N) is 1. The highest BCUT2D eigenvalue weighted by Crippen LogP contribution is 2.21. The normalized spacial score (nSPS) is 19.4. The van der Waals surface area contributed by atoms with Crippen molar-refractivity contribution in [1.82, 2.24) is 5.32 Å². The molecule has 1 saturated carbocycles. The highest BCUT2D eigenvalue weighted by molar-refractivity contribution is 5.12. The summed E-state index contributed by atoms with van der Waals surface area (Å²) in [6.07, 6.45) is 6.51. The Kier molecular flexibility index (Phi) is 2.85. The van der Waals surface area contributed by atoms with Crippen LogP contribution in [0.2, 0.25) is 0 Å². The van der Waals surface area contributed by atoms with Crippen LogP contribution in [0.25, 0.3) is 0 Å². The van der Waals surface area contributed by atoms with Crippen molar-refractivity contribution < 1.29 is 4.42 Å². The van der Waals surface area contributed by atoms with E-state index >= 15 is 0 Å². The van der Waals surface area contributed by atoms with Gasteiger partial charge < -0.3 is 4.42 Å². The van der Waals surface area contributed by atoms with Crippen LogP contribution >= 0.6 is 0 Å². The Bertz CT molecular complexity index is 307. The van der Waals surface area contributed by atoms with E-state index < -0.39 is 0 Å². The van der Waals surface area contributed by atoms with Crippen LogP contribution in [-0.4, -0.2) is 6.04 Å². The summed E-state index contributed by atoms with van der Waals surface area (Å²) >= 11 is 0. The second kappa shape index (κ2) is 4.30. The van der Waals surface area contributed by atoms with E-state index in [0.717, 1.165) is 5.76 Å². The lowest BCUT2D eigenvalue weighted by Crippen LogP contribution is -2.29. The third kappa shape index (κ3) is 1.97. The topological polar surface area (TPSA) is 49.0 Å². The molecule has 1 N–H and O–H groups in total. The van der Waals surface area contributed by atoms with Gasteiger partial charge in [0.15, 0.2) is 6.04 Å². The molecule has 74 valence electrons. The molecule has 1 aromatic heterocycles. The van der Waals surface area contributed by atoms with Crippen molar-refractivity contribution >= 4 is 0 Å². The minimum Gasteiger partial charge on any atom is -0.467 e. The van der Waals surface area contributed by atoms with Gasteiger partial charge in [-0.05, 0) is 25.0 Å². The van der Waals surface area contributed by atoms with Gasteiger partial charge in [0.2, 0.25) is 0 Å². The highest BCUT2D eigenvalue weighted by Gasteiger charge is 2.21. The van der Waals surface area contributed by atoms with Gasteiger partial charge in [-0.3, -0.25) is 5.32 Å². The molecule has 0 spiro atoms. The molecule has 2 rings (SSSR count). The van der Waals surface area contributed by atoms with Crippen molar-refractivity contribution in [3.63, 3.8) is 0 Å². The van der Waals surface area contributed by atoms with E-state index in [2.05, 4.69) is 11.4 Å². The fourth-order valence-electron chi connectivity index (χ4n) is 1.97. The quantitative estimate of drug-likeness (QED) is 0.796. The van der Waals surface area contributed by atoms with Crippen molar-refractivity contribution in [2.75, 3.05) is 0 Å². The molecule has 1 aliphatic rings. The highest BCUT2D eigenvalue weighted by atomic mass is 16.3. The van der Waals surface area contributed by atoms with Crippen molar-refractivity contribution in [3.8, 4) is 6.07 Å². The molecule has 1 unspecified atom stereocenters. The summed E-state index contributed by atoms with van der Waals surface area (Å²) in [5.74, 6) is 0.722. The fourth-order valence-corrected chi connectivity index (χ4v) is 1.97. The van der Waals surface area contributed by atoms with Crippen molar-refractivity contribution in [2.45, 2.75) is 37.8 Å². The van der Waals surface area contributed by atoms with Gasteiger partial charge in [-0.25, -0.2) is 0 Å². The van der Waals surface area contributed by atoms with E-state index in [1.165, 1.54) is 25.7 Å². The van der Waals surface area contributed by atoms with Gasteiger partial charge >= 0.3 is 0 Å². The van der Waals surface area contributed by atoms with E-state index in [1.54, 1.807) is 6.26 Å². The molecule has 1 fully saturated rings. The van der Waals surface area contributed by atoms with Crippen LogP contribution in [-0.2, 0) is 0 Å². The largest absolute Gasteiger partial charge is 0.467 e. The van der Waals surface area contributed by atoms with E-state index in [1.807, 2.05) is 12.1 Å². The molecule has 0 amide bonds. The molecule has 0 aliphatic heterocycles. The Labute approximate surface area is 83.7 Å². The lowest BCUT2D eigenvalue weighted by molar-refractivity contribution is 0.417. The molecule has 0 aromatic carbocycles. The standard InChI is InChI=1S/C11H14N2O/c12-8-10(11-6-3-7-14-11)13-9-4-1-2-5-9/h3,6-7,9-10,13H,1-2,4-5H2. The SMILES string of the molecule is N#CC(NC1CCCC1)c1ccco1.